The van der Waals surface area contributed by atoms with E-state index in [-0.39, 0.29) is 28.8 Å². The standard InChI is InChI=1S/C19H23N9O4/c1-11-4-2-3-7-27(11)10-13-16(22-26-28(13)18-17(20)24-32-25-18)19(31)23-21-9-12-5-6-14(29)15(30)8-12/h5-6,8-9,11,29-30H,2-4,7,10H2,1H3,(H2,20,24)(H,23,31). The molecule has 0 aliphatic carbocycles. The maximum Gasteiger partial charge on any atom is 0.293 e. The predicted octanol–water partition coefficient (Wildman–Crippen LogP) is 0.782. The van der Waals surface area contributed by atoms with Crippen LogP contribution in [0.4, 0.5) is 5.82 Å². The number of likely N-dealkylation sites (tertiary alicyclic amines) is 1. The lowest BCUT2D eigenvalue weighted by atomic mass is 10.0. The van der Waals surface area contributed by atoms with Gasteiger partial charge in [-0.25, -0.2) is 10.1 Å². The first-order valence-corrected chi connectivity index (χ1v) is 10.1. The molecule has 1 amide bonds. The number of carbonyl (C=O) groups excluding carboxylic acids is 1. The summed E-state index contributed by atoms with van der Waals surface area (Å²) in [6, 6.07) is 4.49. The normalized spacial score (nSPS) is 17.1. The predicted molar refractivity (Wildman–Crippen MR) is 112 cm³/mol. The molecule has 1 aliphatic rings. The van der Waals surface area contributed by atoms with Gasteiger partial charge in [-0.1, -0.05) is 11.6 Å². The molecule has 1 aliphatic heterocycles. The Balaban J connectivity index is 1.58. The average Bonchev–Trinajstić information content (AvgIpc) is 3.38. The molecule has 13 nitrogen and oxygen atoms in total. The Morgan fingerprint density at radius 2 is 2.19 bits per heavy atom. The zero-order valence-electron chi connectivity index (χ0n) is 17.3. The highest BCUT2D eigenvalue weighted by molar-refractivity contribution is 5.94. The van der Waals surface area contributed by atoms with E-state index in [1.54, 1.807) is 0 Å². The summed E-state index contributed by atoms with van der Waals surface area (Å²) in [4.78, 5) is 15.1. The molecule has 0 radical (unpaired) electrons. The minimum absolute atomic E-state index is 0.0277. The number of phenolic OH excluding ortho intramolecular Hbond substituents is 2. The summed E-state index contributed by atoms with van der Waals surface area (Å²) in [6.07, 6.45) is 4.60. The second kappa shape index (κ2) is 9.01. The van der Waals surface area contributed by atoms with Crippen LogP contribution in [0.25, 0.3) is 5.82 Å². The van der Waals surface area contributed by atoms with Gasteiger partial charge in [-0.15, -0.1) is 5.10 Å². The van der Waals surface area contributed by atoms with Crippen LogP contribution in [0, 0.1) is 0 Å². The average molecular weight is 441 g/mol. The number of amides is 1. The molecule has 1 saturated heterocycles. The van der Waals surface area contributed by atoms with Crippen LogP contribution < -0.4 is 11.2 Å². The number of hydrogen-bond donors (Lipinski definition) is 4. The van der Waals surface area contributed by atoms with Crippen LogP contribution in [-0.4, -0.2) is 65.1 Å². The van der Waals surface area contributed by atoms with Crippen molar-refractivity contribution < 1.29 is 19.6 Å². The maximum atomic E-state index is 12.8. The number of anilines is 1. The summed E-state index contributed by atoms with van der Waals surface area (Å²) in [7, 11) is 0. The lowest BCUT2D eigenvalue weighted by Gasteiger charge is -2.33. The van der Waals surface area contributed by atoms with Gasteiger partial charge in [0, 0.05) is 12.6 Å². The number of aromatic nitrogens is 5. The van der Waals surface area contributed by atoms with E-state index in [0.29, 0.717) is 23.8 Å². The first-order chi connectivity index (χ1) is 15.4. The van der Waals surface area contributed by atoms with Crippen LogP contribution in [0.5, 0.6) is 11.5 Å². The van der Waals surface area contributed by atoms with Crippen molar-refractivity contribution in [2.24, 2.45) is 5.10 Å². The molecule has 2 aromatic heterocycles. The van der Waals surface area contributed by atoms with Gasteiger partial charge in [-0.3, -0.25) is 9.69 Å². The van der Waals surface area contributed by atoms with E-state index in [0.717, 1.165) is 25.8 Å². The maximum absolute atomic E-state index is 12.8. The number of nitrogens with two attached hydrogens (primary N) is 1. The van der Waals surface area contributed by atoms with Gasteiger partial charge in [0.25, 0.3) is 5.91 Å². The molecule has 1 aromatic carbocycles. The highest BCUT2D eigenvalue weighted by atomic mass is 16.6. The van der Waals surface area contributed by atoms with Gasteiger partial charge in [0.2, 0.25) is 11.6 Å². The summed E-state index contributed by atoms with van der Waals surface area (Å²) in [5.41, 5.74) is 9.26. The van der Waals surface area contributed by atoms with Crippen molar-refractivity contribution in [3.05, 3.63) is 35.2 Å². The van der Waals surface area contributed by atoms with Gasteiger partial charge in [0.1, 0.15) is 0 Å². The first-order valence-electron chi connectivity index (χ1n) is 10.1. The summed E-state index contributed by atoms with van der Waals surface area (Å²) >= 11 is 0. The summed E-state index contributed by atoms with van der Waals surface area (Å²) in [5, 5.41) is 38.3. The van der Waals surface area contributed by atoms with E-state index < -0.39 is 5.91 Å². The van der Waals surface area contributed by atoms with Crippen LogP contribution in [0.1, 0.15) is 47.9 Å². The number of hydrogen-bond acceptors (Lipinski definition) is 11. The molecule has 168 valence electrons. The number of aromatic hydroxyl groups is 2. The second-order valence-electron chi connectivity index (χ2n) is 7.53. The molecule has 0 spiro atoms. The number of rotatable bonds is 6. The molecular weight excluding hydrogens is 418 g/mol. The Morgan fingerprint density at radius 1 is 1.34 bits per heavy atom. The topological polar surface area (TPSA) is 181 Å². The Hall–Kier alpha value is -4.00. The Morgan fingerprint density at radius 3 is 2.91 bits per heavy atom. The van der Waals surface area contributed by atoms with Crippen molar-refractivity contribution in [1.29, 1.82) is 0 Å². The second-order valence-corrected chi connectivity index (χ2v) is 7.53. The molecule has 3 aromatic rings. The Bertz CT molecular complexity index is 1140. The number of nitrogens with one attached hydrogen (secondary N) is 1. The third-order valence-corrected chi connectivity index (χ3v) is 5.35. The van der Waals surface area contributed by atoms with Crippen LogP contribution in [0.15, 0.2) is 27.9 Å². The van der Waals surface area contributed by atoms with Crippen molar-refractivity contribution in [3.8, 4) is 17.3 Å². The highest BCUT2D eigenvalue weighted by Crippen LogP contribution is 2.24. The summed E-state index contributed by atoms with van der Waals surface area (Å²) < 4.78 is 6.03. The number of hydrazone groups is 1. The molecule has 13 heteroatoms. The zero-order valence-corrected chi connectivity index (χ0v) is 17.3. The van der Waals surface area contributed by atoms with E-state index >= 15 is 0 Å². The molecule has 32 heavy (non-hydrogen) atoms. The van der Waals surface area contributed by atoms with Crippen molar-refractivity contribution in [3.63, 3.8) is 0 Å². The number of carbonyl (C=O) groups is 1. The van der Waals surface area contributed by atoms with E-state index in [9.17, 15) is 15.0 Å². The van der Waals surface area contributed by atoms with Gasteiger partial charge < -0.3 is 15.9 Å². The SMILES string of the molecule is CC1CCCCN1Cc1c(C(=O)NN=Cc2ccc(O)c(O)c2)nnn1-c1nonc1N. The summed E-state index contributed by atoms with van der Waals surface area (Å²) in [5.74, 6) is -0.939. The van der Waals surface area contributed by atoms with Crippen LogP contribution >= 0.6 is 0 Å². The molecule has 1 atom stereocenters. The van der Waals surface area contributed by atoms with Crippen LogP contribution in [0.2, 0.25) is 0 Å². The van der Waals surface area contributed by atoms with Gasteiger partial charge in [0.15, 0.2) is 17.2 Å². The minimum Gasteiger partial charge on any atom is -0.504 e. The van der Waals surface area contributed by atoms with E-state index in [2.05, 4.69) is 47.6 Å². The number of piperidine rings is 1. The fraction of sp³-hybridized carbons (Fsp3) is 0.368. The van der Waals surface area contributed by atoms with Gasteiger partial charge >= 0.3 is 0 Å². The van der Waals surface area contributed by atoms with Gasteiger partial charge in [-0.05, 0) is 60.4 Å². The Labute approximate surface area is 182 Å². The molecular formula is C19H23N9O4. The van der Waals surface area contributed by atoms with Crippen molar-refractivity contribution in [1.82, 2.24) is 35.6 Å². The summed E-state index contributed by atoms with van der Waals surface area (Å²) in [6.45, 7) is 3.41. The monoisotopic (exact) mass is 441 g/mol. The number of nitrogens with zero attached hydrogens (tertiary/aromatic N) is 7. The fourth-order valence-corrected chi connectivity index (χ4v) is 3.55. The van der Waals surface area contributed by atoms with E-state index in [1.165, 1.54) is 29.1 Å². The van der Waals surface area contributed by atoms with Gasteiger partial charge in [-0.2, -0.15) is 9.78 Å². The lowest BCUT2D eigenvalue weighted by Crippen LogP contribution is -2.38. The third kappa shape index (κ3) is 4.37. The van der Waals surface area contributed by atoms with Crippen molar-refractivity contribution in [2.45, 2.75) is 38.8 Å². The van der Waals surface area contributed by atoms with E-state index in [4.69, 9.17) is 5.73 Å². The Kier molecular flexibility index (Phi) is 5.98. The van der Waals surface area contributed by atoms with Crippen molar-refractivity contribution in [2.75, 3.05) is 12.3 Å². The molecule has 1 fully saturated rings. The van der Waals surface area contributed by atoms with Crippen molar-refractivity contribution >= 4 is 17.9 Å². The van der Waals surface area contributed by atoms with E-state index in [1.807, 2.05) is 0 Å². The number of phenols is 2. The molecule has 3 heterocycles. The highest BCUT2D eigenvalue weighted by Gasteiger charge is 2.28. The fourth-order valence-electron chi connectivity index (χ4n) is 3.55. The minimum atomic E-state index is -0.579. The molecule has 5 N–H and O–H groups in total. The van der Waals surface area contributed by atoms with Crippen LogP contribution in [-0.2, 0) is 6.54 Å². The number of benzene rings is 1. The van der Waals surface area contributed by atoms with Crippen LogP contribution in [0.3, 0.4) is 0 Å². The largest absolute Gasteiger partial charge is 0.504 e. The molecule has 4 rings (SSSR count). The third-order valence-electron chi connectivity index (χ3n) is 5.35. The quantitative estimate of drug-likeness (QED) is 0.242. The smallest absolute Gasteiger partial charge is 0.293 e. The molecule has 0 saturated carbocycles. The molecule has 0 bridgehead atoms. The first kappa shape index (κ1) is 21.2. The lowest BCUT2D eigenvalue weighted by molar-refractivity contribution is 0.0945. The number of nitrogen functional groups attached to an aromatic ring is 1. The zero-order chi connectivity index (χ0) is 22.7. The van der Waals surface area contributed by atoms with Gasteiger partial charge in [0.05, 0.1) is 11.9 Å². The molecule has 1 unspecified atom stereocenters.